The number of carbonyl (C=O) groups excluding carboxylic acids is 1. The van der Waals surface area contributed by atoms with Gasteiger partial charge in [-0.1, -0.05) is 12.1 Å². The van der Waals surface area contributed by atoms with E-state index < -0.39 is 0 Å². The van der Waals surface area contributed by atoms with E-state index >= 15 is 0 Å². The quantitative estimate of drug-likeness (QED) is 0.748. The molecule has 2 saturated heterocycles. The van der Waals surface area contributed by atoms with Crippen LogP contribution in [0.5, 0.6) is 5.75 Å². The number of amides is 1. The van der Waals surface area contributed by atoms with Gasteiger partial charge >= 0.3 is 0 Å². The molecule has 3 heterocycles. The first-order chi connectivity index (χ1) is 13.2. The number of nitrogens with one attached hydrogen (secondary N) is 3. The number of aromatic nitrogens is 1. The molecule has 1 unspecified atom stereocenters. The Morgan fingerprint density at radius 2 is 2.04 bits per heavy atom. The van der Waals surface area contributed by atoms with Gasteiger partial charge in [0.25, 0.3) is 5.91 Å². The molecule has 7 heteroatoms. The lowest BCUT2D eigenvalue weighted by molar-refractivity contribution is -0.117. The number of anilines is 2. The molecular formula is C20H25N5O2. The van der Waals surface area contributed by atoms with Crippen LogP contribution < -0.4 is 25.8 Å². The Bertz CT molecular complexity index is 835. The average molecular weight is 367 g/mol. The van der Waals surface area contributed by atoms with Gasteiger partial charge in [-0.15, -0.1) is 0 Å². The molecule has 1 amide bonds. The third-order valence-electron chi connectivity index (χ3n) is 5.27. The number of methoxy groups -OCH3 is 1. The molecule has 3 N–H and O–H groups in total. The second-order valence-corrected chi connectivity index (χ2v) is 7.01. The fourth-order valence-corrected chi connectivity index (χ4v) is 3.78. The summed E-state index contributed by atoms with van der Waals surface area (Å²) >= 11 is 0. The third-order valence-corrected chi connectivity index (χ3v) is 5.27. The van der Waals surface area contributed by atoms with Crippen LogP contribution in [-0.4, -0.2) is 43.7 Å². The summed E-state index contributed by atoms with van der Waals surface area (Å²) in [5, 5.41) is 3.32. The number of ether oxygens (including phenoxy) is 1. The Labute approximate surface area is 159 Å². The molecule has 142 valence electrons. The van der Waals surface area contributed by atoms with Crippen molar-refractivity contribution in [1.82, 2.24) is 15.8 Å². The fourth-order valence-electron chi connectivity index (χ4n) is 3.78. The molecule has 0 aliphatic carbocycles. The van der Waals surface area contributed by atoms with E-state index in [1.807, 2.05) is 37.3 Å². The first kappa shape index (κ1) is 17.8. The second kappa shape index (κ2) is 7.54. The molecule has 2 aliphatic heterocycles. The van der Waals surface area contributed by atoms with Crippen molar-refractivity contribution in [2.24, 2.45) is 0 Å². The molecule has 2 aromatic rings. The van der Waals surface area contributed by atoms with E-state index in [0.717, 1.165) is 42.5 Å². The SMILES string of the molecule is COc1cccc(NC2CCN(c3ccc(C4CNNC4)c(C)n3)C2=O)c1. The van der Waals surface area contributed by atoms with E-state index in [1.165, 1.54) is 5.56 Å². The van der Waals surface area contributed by atoms with Crippen LogP contribution in [-0.2, 0) is 4.79 Å². The number of carbonyl (C=O) groups is 1. The van der Waals surface area contributed by atoms with Crippen molar-refractivity contribution in [1.29, 1.82) is 0 Å². The maximum absolute atomic E-state index is 12.9. The van der Waals surface area contributed by atoms with E-state index in [9.17, 15) is 4.79 Å². The van der Waals surface area contributed by atoms with Crippen LogP contribution in [0.4, 0.5) is 11.5 Å². The Hall–Kier alpha value is -2.64. The summed E-state index contributed by atoms with van der Waals surface area (Å²) in [7, 11) is 1.64. The van der Waals surface area contributed by atoms with Crippen LogP contribution in [0.2, 0.25) is 0 Å². The van der Waals surface area contributed by atoms with Crippen LogP contribution >= 0.6 is 0 Å². The van der Waals surface area contributed by atoms with E-state index in [-0.39, 0.29) is 11.9 Å². The molecule has 0 spiro atoms. The smallest absolute Gasteiger partial charge is 0.250 e. The summed E-state index contributed by atoms with van der Waals surface area (Å²) in [6, 6.07) is 11.5. The van der Waals surface area contributed by atoms with Gasteiger partial charge in [0.2, 0.25) is 0 Å². The highest BCUT2D eigenvalue weighted by Crippen LogP contribution is 2.27. The summed E-state index contributed by atoms with van der Waals surface area (Å²) in [4.78, 5) is 19.4. The maximum atomic E-state index is 12.9. The Morgan fingerprint density at radius 1 is 1.22 bits per heavy atom. The van der Waals surface area contributed by atoms with E-state index in [0.29, 0.717) is 12.5 Å². The summed E-state index contributed by atoms with van der Waals surface area (Å²) in [5.41, 5.74) is 9.41. The predicted molar refractivity (Wildman–Crippen MR) is 105 cm³/mol. The van der Waals surface area contributed by atoms with Gasteiger partial charge in [-0.3, -0.25) is 20.5 Å². The zero-order valence-electron chi connectivity index (χ0n) is 15.7. The maximum Gasteiger partial charge on any atom is 0.250 e. The zero-order chi connectivity index (χ0) is 18.8. The molecule has 4 rings (SSSR count). The van der Waals surface area contributed by atoms with Gasteiger partial charge in [0.05, 0.1) is 7.11 Å². The van der Waals surface area contributed by atoms with Crippen LogP contribution in [0.3, 0.4) is 0 Å². The van der Waals surface area contributed by atoms with Crippen molar-refractivity contribution in [3.63, 3.8) is 0 Å². The summed E-state index contributed by atoms with van der Waals surface area (Å²) in [6.07, 6.45) is 0.745. The molecule has 2 fully saturated rings. The first-order valence-corrected chi connectivity index (χ1v) is 9.31. The Morgan fingerprint density at radius 3 is 2.78 bits per heavy atom. The van der Waals surface area contributed by atoms with Crippen LogP contribution in [0.15, 0.2) is 36.4 Å². The average Bonchev–Trinajstić information content (AvgIpc) is 3.33. The normalized spacial score (nSPS) is 20.3. The molecule has 1 aromatic heterocycles. The van der Waals surface area contributed by atoms with Crippen molar-refractivity contribution in [2.75, 3.05) is 37.0 Å². The van der Waals surface area contributed by atoms with Gasteiger partial charge in [0.1, 0.15) is 17.6 Å². The van der Waals surface area contributed by atoms with Crippen molar-refractivity contribution in [3.05, 3.63) is 47.7 Å². The van der Waals surface area contributed by atoms with Crippen molar-refractivity contribution >= 4 is 17.4 Å². The van der Waals surface area contributed by atoms with Crippen LogP contribution in [0.1, 0.15) is 23.6 Å². The van der Waals surface area contributed by atoms with Gasteiger partial charge in [-0.05, 0) is 37.1 Å². The van der Waals surface area contributed by atoms with Gasteiger partial charge < -0.3 is 10.1 Å². The lowest BCUT2D eigenvalue weighted by Crippen LogP contribution is -2.34. The molecule has 2 aliphatic rings. The lowest BCUT2D eigenvalue weighted by atomic mass is 9.99. The molecule has 0 radical (unpaired) electrons. The summed E-state index contributed by atoms with van der Waals surface area (Å²) in [6.45, 7) is 4.48. The minimum Gasteiger partial charge on any atom is -0.497 e. The van der Waals surface area contributed by atoms with E-state index in [1.54, 1.807) is 12.0 Å². The number of rotatable bonds is 5. The molecule has 1 aromatic carbocycles. The predicted octanol–water partition coefficient (Wildman–Crippen LogP) is 1.81. The number of benzene rings is 1. The lowest BCUT2D eigenvalue weighted by Gasteiger charge is -2.19. The third kappa shape index (κ3) is 3.61. The zero-order valence-corrected chi connectivity index (χ0v) is 15.7. The summed E-state index contributed by atoms with van der Waals surface area (Å²) in [5.74, 6) is 1.98. The highest BCUT2D eigenvalue weighted by Gasteiger charge is 2.33. The highest BCUT2D eigenvalue weighted by molar-refractivity contribution is 6.00. The highest BCUT2D eigenvalue weighted by atomic mass is 16.5. The van der Waals surface area contributed by atoms with E-state index in [4.69, 9.17) is 9.72 Å². The van der Waals surface area contributed by atoms with Gasteiger partial charge in [-0.2, -0.15) is 0 Å². The van der Waals surface area contributed by atoms with Crippen molar-refractivity contribution in [3.8, 4) is 5.75 Å². The number of hydrogen-bond donors (Lipinski definition) is 3. The standard InChI is InChI=1S/C20H25N5O2/c1-13-17(14-11-21-22-12-14)6-7-19(23-13)25-9-8-18(20(25)26)24-15-4-3-5-16(10-15)27-2/h3-7,10,14,18,21-22,24H,8-9,11-12H2,1-2H3. The van der Waals surface area contributed by atoms with Gasteiger partial charge in [0, 0.05) is 43.0 Å². The minimum atomic E-state index is -0.248. The largest absolute Gasteiger partial charge is 0.497 e. The number of nitrogens with zero attached hydrogens (tertiary/aromatic N) is 2. The summed E-state index contributed by atoms with van der Waals surface area (Å²) < 4.78 is 5.25. The second-order valence-electron chi connectivity index (χ2n) is 7.01. The molecule has 0 saturated carbocycles. The number of hydrogen-bond acceptors (Lipinski definition) is 6. The Balaban J connectivity index is 1.47. The van der Waals surface area contributed by atoms with Crippen molar-refractivity contribution < 1.29 is 9.53 Å². The van der Waals surface area contributed by atoms with Crippen LogP contribution in [0.25, 0.3) is 0 Å². The van der Waals surface area contributed by atoms with Crippen LogP contribution in [0, 0.1) is 6.92 Å². The molecule has 0 bridgehead atoms. The monoisotopic (exact) mass is 367 g/mol. The first-order valence-electron chi connectivity index (χ1n) is 9.31. The van der Waals surface area contributed by atoms with Crippen molar-refractivity contribution in [2.45, 2.75) is 25.3 Å². The number of pyridine rings is 1. The number of aryl methyl sites for hydroxylation is 1. The molecular weight excluding hydrogens is 342 g/mol. The van der Waals surface area contributed by atoms with E-state index in [2.05, 4.69) is 22.2 Å². The number of hydrazine groups is 1. The molecule has 1 atom stereocenters. The fraction of sp³-hybridized carbons (Fsp3) is 0.400. The Kier molecular flexibility index (Phi) is 4.96. The van der Waals surface area contributed by atoms with Gasteiger partial charge in [0.15, 0.2) is 0 Å². The molecule has 27 heavy (non-hydrogen) atoms. The van der Waals surface area contributed by atoms with Gasteiger partial charge in [-0.25, -0.2) is 4.98 Å². The molecule has 7 nitrogen and oxygen atoms in total. The topological polar surface area (TPSA) is 78.5 Å². The minimum absolute atomic E-state index is 0.0571.